The normalized spacial score (nSPS) is 18.6. The van der Waals surface area contributed by atoms with Gasteiger partial charge < -0.3 is 14.8 Å². The zero-order chi connectivity index (χ0) is 14.0. The molecule has 1 unspecified atom stereocenters. The number of hydrogen-bond donors (Lipinski definition) is 1. The fourth-order valence-corrected chi connectivity index (χ4v) is 2.43. The molecule has 1 aromatic rings. The summed E-state index contributed by atoms with van der Waals surface area (Å²) in [6, 6.07) is 5.06. The van der Waals surface area contributed by atoms with Gasteiger partial charge >= 0.3 is 0 Å². The molecule has 1 aliphatic heterocycles. The highest BCUT2D eigenvalue weighted by Crippen LogP contribution is 2.33. The van der Waals surface area contributed by atoms with Crippen LogP contribution in [0.2, 0.25) is 0 Å². The Bertz CT molecular complexity index is 554. The highest BCUT2D eigenvalue weighted by molar-refractivity contribution is 7.90. The summed E-state index contributed by atoms with van der Waals surface area (Å²) in [5, 5.41) is 3.27. The van der Waals surface area contributed by atoms with E-state index >= 15 is 0 Å². The lowest BCUT2D eigenvalue weighted by Gasteiger charge is -2.27. The van der Waals surface area contributed by atoms with Gasteiger partial charge in [-0.1, -0.05) is 13.8 Å². The van der Waals surface area contributed by atoms with Gasteiger partial charge in [0.2, 0.25) is 0 Å². The second kappa shape index (κ2) is 5.38. The van der Waals surface area contributed by atoms with E-state index in [9.17, 15) is 8.42 Å². The minimum atomic E-state index is -3.23. The summed E-state index contributed by atoms with van der Waals surface area (Å²) in [6.07, 6.45) is 1.07. The second-order valence-corrected chi connectivity index (χ2v) is 7.01. The molecule has 1 heterocycles. The number of nitrogens with one attached hydrogen (secondary N) is 1. The minimum Gasteiger partial charge on any atom is -0.486 e. The molecule has 0 saturated heterocycles. The topological polar surface area (TPSA) is 64.6 Å². The van der Waals surface area contributed by atoms with Gasteiger partial charge in [-0.3, -0.25) is 0 Å². The summed E-state index contributed by atoms with van der Waals surface area (Å²) in [7, 11) is -3.23. The molecule has 0 bridgehead atoms. The SMILES string of the molecule is CC(C)NCC1COc2ccc(S(C)(=O)=O)cc2O1. The van der Waals surface area contributed by atoms with E-state index in [-0.39, 0.29) is 11.0 Å². The monoisotopic (exact) mass is 285 g/mol. The largest absolute Gasteiger partial charge is 0.486 e. The van der Waals surface area contributed by atoms with Crippen LogP contribution in [-0.2, 0) is 9.84 Å². The summed E-state index contributed by atoms with van der Waals surface area (Å²) >= 11 is 0. The van der Waals surface area contributed by atoms with E-state index < -0.39 is 9.84 Å². The summed E-state index contributed by atoms with van der Waals surface area (Å²) in [4.78, 5) is 0.243. The van der Waals surface area contributed by atoms with Crippen LogP contribution in [0.5, 0.6) is 11.5 Å². The van der Waals surface area contributed by atoms with Crippen molar-refractivity contribution < 1.29 is 17.9 Å². The molecule has 0 radical (unpaired) electrons. The van der Waals surface area contributed by atoms with Crippen LogP contribution in [0, 0.1) is 0 Å². The van der Waals surface area contributed by atoms with Crippen molar-refractivity contribution >= 4 is 9.84 Å². The fourth-order valence-electron chi connectivity index (χ4n) is 1.79. The van der Waals surface area contributed by atoms with Gasteiger partial charge in [-0.2, -0.15) is 0 Å². The van der Waals surface area contributed by atoms with Crippen molar-refractivity contribution in [1.82, 2.24) is 5.32 Å². The van der Waals surface area contributed by atoms with E-state index in [1.165, 1.54) is 18.4 Å². The van der Waals surface area contributed by atoms with Gasteiger partial charge in [-0.05, 0) is 12.1 Å². The van der Waals surface area contributed by atoms with Gasteiger partial charge in [0, 0.05) is 24.9 Å². The third kappa shape index (κ3) is 3.61. The molecule has 19 heavy (non-hydrogen) atoms. The molecule has 5 nitrogen and oxygen atoms in total. The Balaban J connectivity index is 2.14. The summed E-state index contributed by atoms with van der Waals surface area (Å²) in [6.45, 7) is 5.24. The molecular weight excluding hydrogens is 266 g/mol. The molecule has 0 aliphatic carbocycles. The van der Waals surface area contributed by atoms with Gasteiger partial charge in [0.1, 0.15) is 12.7 Å². The number of benzene rings is 1. The number of rotatable bonds is 4. The summed E-state index contributed by atoms with van der Waals surface area (Å²) < 4.78 is 34.4. The Labute approximate surface area is 113 Å². The Morgan fingerprint density at radius 3 is 2.74 bits per heavy atom. The van der Waals surface area contributed by atoms with Crippen molar-refractivity contribution in [2.75, 3.05) is 19.4 Å². The van der Waals surface area contributed by atoms with Crippen LogP contribution < -0.4 is 14.8 Å². The van der Waals surface area contributed by atoms with Crippen molar-refractivity contribution in [1.29, 1.82) is 0 Å². The number of ether oxygens (including phenoxy) is 2. The molecule has 0 spiro atoms. The van der Waals surface area contributed by atoms with E-state index in [1.54, 1.807) is 6.07 Å². The predicted octanol–water partition coefficient (Wildman–Crippen LogP) is 1.23. The third-order valence-corrected chi connectivity index (χ3v) is 3.93. The quantitative estimate of drug-likeness (QED) is 0.901. The molecular formula is C13H19NO4S. The Morgan fingerprint density at radius 1 is 1.37 bits per heavy atom. The molecule has 2 rings (SSSR count). The summed E-state index contributed by atoms with van der Waals surface area (Å²) in [5.74, 6) is 1.08. The van der Waals surface area contributed by atoms with Gasteiger partial charge in [0.15, 0.2) is 21.3 Å². The van der Waals surface area contributed by atoms with Crippen molar-refractivity contribution in [3.05, 3.63) is 18.2 Å². The third-order valence-electron chi connectivity index (χ3n) is 2.82. The lowest BCUT2D eigenvalue weighted by molar-refractivity contribution is 0.0886. The first-order valence-corrected chi connectivity index (χ1v) is 8.12. The van der Waals surface area contributed by atoms with Crippen molar-refractivity contribution in [2.45, 2.75) is 30.9 Å². The van der Waals surface area contributed by atoms with E-state index in [4.69, 9.17) is 9.47 Å². The first-order valence-electron chi connectivity index (χ1n) is 6.23. The molecule has 106 valence electrons. The van der Waals surface area contributed by atoms with E-state index in [1.807, 2.05) is 0 Å². The van der Waals surface area contributed by atoms with Gasteiger partial charge in [0.25, 0.3) is 0 Å². The average Bonchev–Trinajstić information content (AvgIpc) is 2.34. The lowest BCUT2D eigenvalue weighted by Crippen LogP contribution is -2.40. The zero-order valence-electron chi connectivity index (χ0n) is 11.3. The summed E-state index contributed by atoms with van der Waals surface area (Å²) in [5.41, 5.74) is 0. The van der Waals surface area contributed by atoms with Crippen LogP contribution in [0.25, 0.3) is 0 Å². The Kier molecular flexibility index (Phi) is 4.01. The van der Waals surface area contributed by atoms with E-state index in [0.717, 1.165) is 0 Å². The number of fused-ring (bicyclic) bond motifs is 1. The Morgan fingerprint density at radius 2 is 2.11 bits per heavy atom. The molecule has 0 fully saturated rings. The highest BCUT2D eigenvalue weighted by Gasteiger charge is 2.22. The highest BCUT2D eigenvalue weighted by atomic mass is 32.2. The Hall–Kier alpha value is -1.27. The molecule has 1 atom stereocenters. The van der Waals surface area contributed by atoms with Crippen LogP contribution in [0.3, 0.4) is 0 Å². The maximum Gasteiger partial charge on any atom is 0.175 e. The molecule has 1 N–H and O–H groups in total. The lowest BCUT2D eigenvalue weighted by atomic mass is 10.2. The maximum atomic E-state index is 11.5. The molecule has 1 aliphatic rings. The zero-order valence-corrected chi connectivity index (χ0v) is 12.2. The predicted molar refractivity (Wildman–Crippen MR) is 72.6 cm³/mol. The minimum absolute atomic E-state index is 0.107. The van der Waals surface area contributed by atoms with Crippen LogP contribution >= 0.6 is 0 Å². The molecule has 6 heteroatoms. The van der Waals surface area contributed by atoms with Crippen molar-refractivity contribution in [3.8, 4) is 11.5 Å². The maximum absolute atomic E-state index is 11.5. The average molecular weight is 285 g/mol. The van der Waals surface area contributed by atoms with E-state index in [2.05, 4.69) is 19.2 Å². The van der Waals surface area contributed by atoms with Gasteiger partial charge in [-0.25, -0.2) is 8.42 Å². The molecule has 1 aromatic carbocycles. The fraction of sp³-hybridized carbons (Fsp3) is 0.538. The van der Waals surface area contributed by atoms with Crippen LogP contribution in [0.4, 0.5) is 0 Å². The van der Waals surface area contributed by atoms with Crippen LogP contribution in [0.1, 0.15) is 13.8 Å². The van der Waals surface area contributed by atoms with Gasteiger partial charge in [-0.15, -0.1) is 0 Å². The number of hydrogen-bond acceptors (Lipinski definition) is 5. The van der Waals surface area contributed by atoms with Gasteiger partial charge in [0.05, 0.1) is 4.90 Å². The number of sulfone groups is 1. The van der Waals surface area contributed by atoms with Crippen LogP contribution in [-0.4, -0.2) is 40.0 Å². The van der Waals surface area contributed by atoms with Crippen molar-refractivity contribution in [2.24, 2.45) is 0 Å². The smallest absolute Gasteiger partial charge is 0.175 e. The first-order chi connectivity index (χ1) is 8.86. The van der Waals surface area contributed by atoms with Crippen molar-refractivity contribution in [3.63, 3.8) is 0 Å². The first kappa shape index (κ1) is 14.1. The molecule has 0 aromatic heterocycles. The standard InChI is InChI=1S/C13H19NO4S/c1-9(2)14-7-10-8-17-12-5-4-11(19(3,15)16)6-13(12)18-10/h4-6,9-10,14H,7-8H2,1-3H3. The molecule has 0 saturated carbocycles. The molecule has 0 amide bonds. The van der Waals surface area contributed by atoms with Crippen LogP contribution in [0.15, 0.2) is 23.1 Å². The van der Waals surface area contributed by atoms with E-state index in [0.29, 0.717) is 30.7 Å². The second-order valence-electron chi connectivity index (χ2n) is 4.99.